The summed E-state index contributed by atoms with van der Waals surface area (Å²) in [6, 6.07) is 0. The number of carbonyl (C=O) groups is 1. The van der Waals surface area contributed by atoms with Crippen LogP contribution in [-0.2, 0) is 9.53 Å². The zero-order chi connectivity index (χ0) is 17.2. The van der Waals surface area contributed by atoms with E-state index < -0.39 is 6.10 Å². The van der Waals surface area contributed by atoms with Gasteiger partial charge in [-0.1, -0.05) is 84.0 Å². The van der Waals surface area contributed by atoms with Crippen LogP contribution in [0.1, 0.15) is 96.8 Å². The molecule has 2 N–H and O–H groups in total. The second kappa shape index (κ2) is 21.7. The molecular weight excluding hydrogens is 332 g/mol. The van der Waals surface area contributed by atoms with Gasteiger partial charge in [0.25, 0.3) is 0 Å². The molecule has 0 aliphatic heterocycles. The van der Waals surface area contributed by atoms with Gasteiger partial charge in [0.15, 0.2) is 0 Å². The molecule has 142 valence electrons. The molecule has 0 rings (SSSR count). The first kappa shape index (κ1) is 26.9. The Morgan fingerprint density at radius 1 is 0.833 bits per heavy atom. The maximum atomic E-state index is 11.3. The van der Waals surface area contributed by atoms with Gasteiger partial charge in [0, 0.05) is 6.42 Å². The summed E-state index contributed by atoms with van der Waals surface area (Å²) < 4.78 is 4.85. The quantitative estimate of drug-likeness (QED) is 0.233. The van der Waals surface area contributed by atoms with Gasteiger partial charge in [-0.2, -0.15) is 0 Å². The summed E-state index contributed by atoms with van der Waals surface area (Å²) in [5.41, 5.74) is 0. The zero-order valence-electron chi connectivity index (χ0n) is 15.1. The van der Waals surface area contributed by atoms with E-state index in [-0.39, 0.29) is 56.9 Å². The maximum absolute atomic E-state index is 11.3. The second-order valence-corrected chi connectivity index (χ2v) is 6.51. The second-order valence-electron chi connectivity index (χ2n) is 6.51. The number of aliphatic hydroxyl groups excluding tert-OH is 2. The Labute approximate surface area is 178 Å². The molecule has 0 aliphatic rings. The molecule has 0 aromatic rings. The van der Waals surface area contributed by atoms with Crippen LogP contribution in [0.25, 0.3) is 0 Å². The summed E-state index contributed by atoms with van der Waals surface area (Å²) in [7, 11) is 0. The fraction of sp³-hybridized carbons (Fsp3) is 0.947. The molecule has 0 amide bonds. The van der Waals surface area contributed by atoms with E-state index in [0.29, 0.717) is 6.42 Å². The Morgan fingerprint density at radius 3 is 1.67 bits per heavy atom. The number of ether oxygens (including phenoxy) is 1. The van der Waals surface area contributed by atoms with Crippen LogP contribution in [0, 0.1) is 0 Å². The van der Waals surface area contributed by atoms with Crippen LogP contribution < -0.4 is 0 Å². The third-order valence-electron chi connectivity index (χ3n) is 4.13. The average Bonchev–Trinajstić information content (AvgIpc) is 2.56. The Balaban J connectivity index is 0. The fourth-order valence-electron chi connectivity index (χ4n) is 2.60. The van der Waals surface area contributed by atoms with E-state index in [1.54, 1.807) is 0 Å². The van der Waals surface area contributed by atoms with Gasteiger partial charge < -0.3 is 14.9 Å². The number of rotatable bonds is 17. The summed E-state index contributed by atoms with van der Waals surface area (Å²) in [5.74, 6) is -0.277. The Hall–Kier alpha value is 0.650. The predicted molar refractivity (Wildman–Crippen MR) is 103 cm³/mol. The van der Waals surface area contributed by atoms with Crippen molar-refractivity contribution in [3.8, 4) is 0 Å². The van der Waals surface area contributed by atoms with Crippen molar-refractivity contribution in [2.75, 3.05) is 13.2 Å². The van der Waals surface area contributed by atoms with Crippen molar-refractivity contribution in [3.63, 3.8) is 0 Å². The van der Waals surface area contributed by atoms with E-state index in [9.17, 15) is 4.79 Å². The molecule has 0 saturated heterocycles. The first-order valence-electron chi connectivity index (χ1n) is 9.65. The summed E-state index contributed by atoms with van der Waals surface area (Å²) in [5, 5.41) is 17.7. The van der Waals surface area contributed by atoms with Gasteiger partial charge in [0.2, 0.25) is 0 Å². The van der Waals surface area contributed by atoms with Gasteiger partial charge in [-0.05, 0) is 6.42 Å². The Kier molecular flexibility index (Phi) is 24.3. The summed E-state index contributed by atoms with van der Waals surface area (Å²) >= 11 is 0. The van der Waals surface area contributed by atoms with Crippen molar-refractivity contribution < 1.29 is 19.7 Å². The molecule has 0 bridgehead atoms. The number of unbranched alkanes of at least 4 members (excludes halogenated alkanes) is 12. The molecule has 0 heterocycles. The predicted octanol–water partition coefficient (Wildman–Crippen LogP) is 3.45. The van der Waals surface area contributed by atoms with Gasteiger partial charge in [-0.25, -0.2) is 0 Å². The minimum atomic E-state index is -0.953. The molecule has 0 aromatic carbocycles. The van der Waals surface area contributed by atoms with E-state index >= 15 is 0 Å². The molecule has 0 saturated carbocycles. The fourth-order valence-corrected chi connectivity index (χ4v) is 2.60. The van der Waals surface area contributed by atoms with E-state index in [1.807, 2.05) is 0 Å². The minimum absolute atomic E-state index is 0. The van der Waals surface area contributed by atoms with Gasteiger partial charge in [0.05, 0.1) is 6.61 Å². The van der Waals surface area contributed by atoms with Crippen molar-refractivity contribution in [2.45, 2.75) is 103 Å². The monoisotopic (exact) mass is 372 g/mol. The molecule has 0 aliphatic carbocycles. The normalized spacial score (nSPS) is 11.8. The van der Waals surface area contributed by atoms with Crippen LogP contribution in [0.4, 0.5) is 0 Å². The summed E-state index contributed by atoms with van der Waals surface area (Å²) in [4.78, 5) is 11.3. The average molecular weight is 373 g/mol. The molecule has 24 heavy (non-hydrogen) atoms. The first-order valence-corrected chi connectivity index (χ1v) is 9.65. The number of hydrogen-bond donors (Lipinski definition) is 2. The van der Waals surface area contributed by atoms with Crippen LogP contribution >= 0.6 is 0 Å². The Bertz CT molecular complexity index is 262. The van der Waals surface area contributed by atoms with Crippen LogP contribution in [0.15, 0.2) is 0 Å². The van der Waals surface area contributed by atoms with Gasteiger partial charge in [0.1, 0.15) is 12.7 Å². The van der Waals surface area contributed by atoms with Crippen LogP contribution in [-0.4, -0.2) is 73.2 Å². The molecule has 0 spiro atoms. The molecule has 4 nitrogen and oxygen atoms in total. The third kappa shape index (κ3) is 20.7. The van der Waals surface area contributed by atoms with Gasteiger partial charge in [-0.15, -0.1) is 0 Å². The molecule has 0 radical (unpaired) electrons. The van der Waals surface area contributed by atoms with E-state index in [4.69, 9.17) is 14.9 Å². The van der Waals surface area contributed by atoms with Crippen molar-refractivity contribution >= 4 is 43.7 Å². The summed E-state index contributed by atoms with van der Waals surface area (Å²) in [6.45, 7) is 1.78. The molecular formula is C19H40CaO4. The molecule has 0 aromatic heterocycles. The van der Waals surface area contributed by atoms with Gasteiger partial charge >= 0.3 is 43.7 Å². The van der Waals surface area contributed by atoms with E-state index in [0.717, 1.165) is 12.8 Å². The standard InChI is InChI=1S/C19H38O4.Ca.2H/c1-2-3-4-5-6-7-8-9-10-11-12-13-14-15-19(22)23-17-18(21)16-20;;;/h18,20-21H,2-17H2,1H3;;;. The first-order chi connectivity index (χ1) is 11.2. The van der Waals surface area contributed by atoms with Crippen molar-refractivity contribution in [1.29, 1.82) is 0 Å². The van der Waals surface area contributed by atoms with Crippen LogP contribution in [0.3, 0.4) is 0 Å². The number of carbonyl (C=O) groups excluding carboxylic acids is 1. The molecule has 5 heteroatoms. The summed E-state index contributed by atoms with van der Waals surface area (Å²) in [6.07, 6.45) is 16.1. The van der Waals surface area contributed by atoms with Crippen molar-refractivity contribution in [3.05, 3.63) is 0 Å². The zero-order valence-corrected chi connectivity index (χ0v) is 15.1. The molecule has 1 unspecified atom stereocenters. The SMILES string of the molecule is CCCCCCCCCCCCCCCC(=O)OCC(O)CO.[CaH2]. The topological polar surface area (TPSA) is 66.8 Å². The van der Waals surface area contributed by atoms with E-state index in [2.05, 4.69) is 6.92 Å². The van der Waals surface area contributed by atoms with Gasteiger partial charge in [-0.3, -0.25) is 4.79 Å². The molecule has 0 fully saturated rings. The third-order valence-corrected chi connectivity index (χ3v) is 4.13. The van der Waals surface area contributed by atoms with Crippen molar-refractivity contribution in [1.82, 2.24) is 0 Å². The number of aliphatic hydroxyl groups is 2. The van der Waals surface area contributed by atoms with Crippen LogP contribution in [0.2, 0.25) is 0 Å². The van der Waals surface area contributed by atoms with E-state index in [1.165, 1.54) is 70.6 Å². The van der Waals surface area contributed by atoms with Crippen LogP contribution in [0.5, 0.6) is 0 Å². The number of esters is 1. The number of hydrogen-bond acceptors (Lipinski definition) is 4. The van der Waals surface area contributed by atoms with Crippen molar-refractivity contribution in [2.24, 2.45) is 0 Å². The Morgan fingerprint density at radius 2 is 1.25 bits per heavy atom. The molecule has 1 atom stereocenters.